The van der Waals surface area contributed by atoms with Gasteiger partial charge in [0, 0.05) is 0 Å². The van der Waals surface area contributed by atoms with E-state index < -0.39 is 13.7 Å². The van der Waals surface area contributed by atoms with Crippen LogP contribution in [-0.2, 0) is 9.53 Å². The Morgan fingerprint density at radius 3 is 2.75 bits per heavy atom. The van der Waals surface area contributed by atoms with E-state index in [9.17, 15) is 9.59 Å². The van der Waals surface area contributed by atoms with Gasteiger partial charge in [-0.25, -0.2) is 0 Å². The first-order valence-electron chi connectivity index (χ1n) is 13.4. The quantitative estimate of drug-likeness (QED) is 0.197. The number of ether oxygens (including phenoxy) is 3. The summed E-state index contributed by atoms with van der Waals surface area (Å²) >= 11 is 0. The van der Waals surface area contributed by atoms with Gasteiger partial charge in [0.25, 0.3) is 0 Å². The molecular formula is C27H37N6O6P. The molecule has 1 fully saturated rings. The van der Waals surface area contributed by atoms with Gasteiger partial charge in [-0.15, -0.1) is 0 Å². The third kappa shape index (κ3) is 5.25. The predicted octanol–water partition coefficient (Wildman–Crippen LogP) is 3.54. The molecule has 1 aliphatic carbocycles. The molecule has 5 rings (SSSR count). The molecule has 0 spiro atoms. The van der Waals surface area contributed by atoms with Crippen LogP contribution in [0, 0.1) is 5.92 Å². The maximum atomic E-state index is 12.8. The number of nitrogens with one attached hydrogen (secondary N) is 2. The summed E-state index contributed by atoms with van der Waals surface area (Å²) in [5, 5.41) is 3.54. The van der Waals surface area contributed by atoms with Crippen molar-refractivity contribution in [1.29, 1.82) is 0 Å². The Bertz CT molecular complexity index is 1500. The molecule has 0 amide bonds. The van der Waals surface area contributed by atoms with Gasteiger partial charge in [-0.2, -0.15) is 0 Å². The summed E-state index contributed by atoms with van der Waals surface area (Å²) in [7, 11) is -2.92. The summed E-state index contributed by atoms with van der Waals surface area (Å²) in [5.41, 5.74) is 7.09. The van der Waals surface area contributed by atoms with E-state index in [-0.39, 0.29) is 53.5 Å². The van der Waals surface area contributed by atoms with Crippen molar-refractivity contribution in [3.63, 3.8) is 0 Å². The number of aromatic amines is 1. The third-order valence-corrected chi connectivity index (χ3v) is 11.6. The van der Waals surface area contributed by atoms with E-state index in [1.54, 1.807) is 13.3 Å². The fourth-order valence-electron chi connectivity index (χ4n) is 5.66. The molecule has 1 aromatic carbocycles. The van der Waals surface area contributed by atoms with E-state index in [4.69, 9.17) is 24.5 Å². The van der Waals surface area contributed by atoms with Crippen molar-refractivity contribution in [1.82, 2.24) is 24.6 Å². The molecule has 3 aromatic rings. The van der Waals surface area contributed by atoms with Crippen LogP contribution in [0.2, 0.25) is 0 Å². The summed E-state index contributed by atoms with van der Waals surface area (Å²) in [5.74, 6) is 1.68. The van der Waals surface area contributed by atoms with Crippen molar-refractivity contribution in [2.24, 2.45) is 5.92 Å². The SMILES string of the molecule is C=C1[C@H](C(C)[PH](C)(N[C@H](C)C(=O)OC(C)C)Oc2ccc3c(c2)OCO3)CC[C@@H]1n1cnc2c(=O)[nH]c(N)nc21. The van der Waals surface area contributed by atoms with E-state index in [1.807, 2.05) is 36.6 Å². The van der Waals surface area contributed by atoms with Crippen LogP contribution in [0.4, 0.5) is 5.95 Å². The molecule has 4 N–H and O–H groups in total. The molecule has 1 unspecified atom stereocenters. The number of rotatable bonds is 9. The molecule has 0 bridgehead atoms. The van der Waals surface area contributed by atoms with Crippen LogP contribution >= 0.6 is 7.64 Å². The number of fused-ring (bicyclic) bond motifs is 2. The molecule has 0 radical (unpaired) electrons. The molecule has 13 heteroatoms. The first kappa shape index (κ1) is 27.9. The first-order chi connectivity index (χ1) is 19.0. The van der Waals surface area contributed by atoms with Crippen molar-refractivity contribution in [2.75, 3.05) is 19.2 Å². The summed E-state index contributed by atoms with van der Waals surface area (Å²) in [6.07, 6.45) is 3.01. The van der Waals surface area contributed by atoms with Gasteiger partial charge in [0.05, 0.1) is 0 Å². The average Bonchev–Trinajstić information content (AvgIpc) is 3.61. The number of hydrogen-bond donors (Lipinski definition) is 3. The van der Waals surface area contributed by atoms with Crippen LogP contribution < -0.4 is 30.4 Å². The van der Waals surface area contributed by atoms with Gasteiger partial charge in [-0.05, 0) is 0 Å². The van der Waals surface area contributed by atoms with E-state index in [2.05, 4.69) is 40.2 Å². The molecule has 4 atom stereocenters. The van der Waals surface area contributed by atoms with Crippen molar-refractivity contribution < 1.29 is 23.5 Å². The minimum absolute atomic E-state index is 0.0130. The molecule has 2 aromatic heterocycles. The Labute approximate surface area is 232 Å². The number of carbonyl (C=O) groups excluding carboxylic acids is 1. The van der Waals surface area contributed by atoms with Crippen molar-refractivity contribution >= 4 is 30.7 Å². The Morgan fingerprint density at radius 1 is 1.25 bits per heavy atom. The number of nitrogens with two attached hydrogens (primary N) is 1. The summed E-state index contributed by atoms with van der Waals surface area (Å²) in [6, 6.07) is 4.79. The third-order valence-electron chi connectivity index (χ3n) is 7.80. The van der Waals surface area contributed by atoms with E-state index in [1.165, 1.54) is 0 Å². The zero-order valence-corrected chi connectivity index (χ0v) is 24.4. The number of aromatic nitrogens is 4. The zero-order chi connectivity index (χ0) is 28.8. The van der Waals surface area contributed by atoms with Crippen molar-refractivity contribution in [3.8, 4) is 17.2 Å². The Kier molecular flexibility index (Phi) is 7.50. The van der Waals surface area contributed by atoms with Gasteiger partial charge in [0.1, 0.15) is 0 Å². The summed E-state index contributed by atoms with van der Waals surface area (Å²) in [6.45, 7) is 14.3. The normalized spacial score (nSPS) is 20.6. The van der Waals surface area contributed by atoms with Gasteiger partial charge in [0.2, 0.25) is 0 Å². The van der Waals surface area contributed by atoms with Crippen molar-refractivity contribution in [2.45, 2.75) is 64.4 Å². The van der Waals surface area contributed by atoms with E-state index >= 15 is 0 Å². The fourth-order valence-corrected chi connectivity index (χ4v) is 8.91. The molecule has 0 saturated heterocycles. The van der Waals surface area contributed by atoms with Crippen LogP contribution in [0.1, 0.15) is 46.6 Å². The number of esters is 1. The first-order valence-corrected chi connectivity index (χ1v) is 15.9. The van der Waals surface area contributed by atoms with Crippen molar-refractivity contribution in [3.05, 3.63) is 47.0 Å². The average molecular weight is 573 g/mol. The van der Waals surface area contributed by atoms with Crippen LogP contribution in [0.25, 0.3) is 11.2 Å². The topological polar surface area (TPSA) is 156 Å². The second-order valence-electron chi connectivity index (χ2n) is 10.9. The van der Waals surface area contributed by atoms with Crippen LogP contribution in [-0.4, -0.2) is 56.8 Å². The number of imidazole rings is 1. The Morgan fingerprint density at radius 2 is 2.00 bits per heavy atom. The number of H-pyrrole nitrogens is 1. The Balaban J connectivity index is 1.43. The Hall–Kier alpha value is -3.63. The van der Waals surface area contributed by atoms with Crippen LogP contribution in [0.3, 0.4) is 0 Å². The number of anilines is 1. The number of nitrogens with zero attached hydrogens (tertiary/aromatic N) is 3. The van der Waals surface area contributed by atoms with Gasteiger partial charge < -0.3 is 0 Å². The maximum absolute atomic E-state index is 12.8. The molecule has 40 heavy (non-hydrogen) atoms. The molecule has 12 nitrogen and oxygen atoms in total. The molecule has 1 aliphatic heterocycles. The van der Waals surface area contributed by atoms with Crippen LogP contribution in [0.5, 0.6) is 17.2 Å². The van der Waals surface area contributed by atoms with E-state index in [0.717, 1.165) is 18.4 Å². The van der Waals surface area contributed by atoms with Gasteiger partial charge in [-0.3, -0.25) is 0 Å². The monoisotopic (exact) mass is 572 g/mol. The number of nitrogen functional groups attached to an aromatic ring is 1. The minimum atomic E-state index is -2.92. The molecule has 2 aliphatic rings. The van der Waals surface area contributed by atoms with Gasteiger partial charge >= 0.3 is 233 Å². The number of carbonyl (C=O) groups is 1. The second kappa shape index (κ2) is 10.7. The standard InChI is InChI=1S/C27H37N6O6P/c1-14(2)38-26(35)16(4)32-40(6,39-18-7-10-21-22(11-18)37-13-36-21)17(5)19-8-9-20(15(19)3)33-12-29-23-24(33)30-27(28)31-25(23)34/h7,10-12,14,16-17,19-20,32,40H,3,8-9,13H2,1-2,4-6H3,(H3,28,30,31,34)/t16-,17?,19-,20+/m1/s1. The molecule has 1 saturated carbocycles. The van der Waals surface area contributed by atoms with E-state index in [0.29, 0.717) is 22.9 Å². The zero-order valence-electron chi connectivity index (χ0n) is 23.4. The molecule has 3 heterocycles. The number of benzene rings is 1. The van der Waals surface area contributed by atoms with Gasteiger partial charge in [-0.1, -0.05) is 0 Å². The molecular weight excluding hydrogens is 535 g/mol. The number of allylic oxidation sites excluding steroid dienone is 1. The summed E-state index contributed by atoms with van der Waals surface area (Å²) in [4.78, 5) is 36.3. The molecule has 216 valence electrons. The number of hydrogen-bond acceptors (Lipinski definition) is 10. The van der Waals surface area contributed by atoms with Gasteiger partial charge in [0.15, 0.2) is 0 Å². The predicted molar refractivity (Wildman–Crippen MR) is 154 cm³/mol. The van der Waals surface area contributed by atoms with Crippen LogP contribution in [0.15, 0.2) is 41.5 Å². The second-order valence-corrected chi connectivity index (χ2v) is 14.5. The summed E-state index contributed by atoms with van der Waals surface area (Å²) < 4.78 is 25.1. The fraction of sp³-hybridized carbons (Fsp3) is 0.481.